The molecule has 42 heavy (non-hydrogen) atoms. The van der Waals surface area contributed by atoms with Gasteiger partial charge in [0, 0.05) is 37.1 Å². The molecule has 3 aromatic carbocycles. The highest BCUT2D eigenvalue weighted by molar-refractivity contribution is 7.26. The van der Waals surface area contributed by atoms with Crippen LogP contribution in [0.15, 0.2) is 120 Å². The van der Waals surface area contributed by atoms with Gasteiger partial charge in [-0.1, -0.05) is 78.9 Å². The maximum absolute atomic E-state index is 3.72. The Balaban J connectivity index is 1.20. The van der Waals surface area contributed by atoms with Gasteiger partial charge in [-0.3, -0.25) is 0 Å². The lowest BCUT2D eigenvalue weighted by Gasteiger charge is -2.38. The third-order valence-electron chi connectivity index (χ3n) is 10.00. The van der Waals surface area contributed by atoms with Crippen LogP contribution in [0.3, 0.4) is 0 Å². The van der Waals surface area contributed by atoms with Gasteiger partial charge in [0.2, 0.25) is 0 Å². The molecule has 0 fully saturated rings. The van der Waals surface area contributed by atoms with E-state index < -0.39 is 0 Å². The average molecular weight is 563 g/mol. The van der Waals surface area contributed by atoms with Crippen molar-refractivity contribution in [3.8, 4) is 0 Å². The molecular formula is C39H34N2S. The average Bonchev–Trinajstić information content (AvgIpc) is 3.38. The number of hydrogen-bond donors (Lipinski definition) is 1. The Morgan fingerprint density at radius 1 is 0.786 bits per heavy atom. The van der Waals surface area contributed by atoms with Crippen molar-refractivity contribution in [2.24, 2.45) is 5.92 Å². The number of anilines is 1. The second kappa shape index (κ2) is 9.74. The van der Waals surface area contributed by atoms with Crippen molar-refractivity contribution in [2.45, 2.75) is 51.0 Å². The molecule has 1 N–H and O–H groups in total. The second-order valence-corrected chi connectivity index (χ2v) is 13.3. The summed E-state index contributed by atoms with van der Waals surface area (Å²) in [6.45, 7) is 0. The van der Waals surface area contributed by atoms with Crippen LogP contribution in [0.1, 0.15) is 67.7 Å². The first-order chi connectivity index (χ1) is 20.8. The van der Waals surface area contributed by atoms with Gasteiger partial charge in [0.05, 0.1) is 11.7 Å². The highest BCUT2D eigenvalue weighted by Gasteiger charge is 2.34. The fourth-order valence-corrected chi connectivity index (χ4v) is 9.31. The first-order valence-corrected chi connectivity index (χ1v) is 16.4. The molecule has 2 aliphatic heterocycles. The number of benzene rings is 3. The molecule has 9 rings (SSSR count). The molecular weight excluding hydrogens is 529 g/mol. The standard InChI is InChI=1S/C39H34N2S/c1-2-10-28-25(9-1)23-24-40-38(28)26-17-19-27(20-18-26)41-34-15-7-5-12-30(34)29-11-3-4-14-32(29)37-35(41)22-21-33-31-13-6-8-16-36(31)42-39(33)37/h1-2,4-6,8-10,12-14,16,19,21-24,26,38,40H,3,7,11,15,17-18,20H2. The molecule has 1 aromatic heterocycles. The normalized spacial score (nSPS) is 22.9. The lowest BCUT2D eigenvalue weighted by Crippen LogP contribution is -2.31. The summed E-state index contributed by atoms with van der Waals surface area (Å²) in [6.07, 6.45) is 24.4. The zero-order chi connectivity index (χ0) is 27.6. The van der Waals surface area contributed by atoms with Gasteiger partial charge in [-0.05, 0) is 103 Å². The van der Waals surface area contributed by atoms with Crippen molar-refractivity contribution in [1.82, 2.24) is 5.32 Å². The molecule has 3 aliphatic carbocycles. The van der Waals surface area contributed by atoms with Crippen LogP contribution in [0.2, 0.25) is 0 Å². The van der Waals surface area contributed by atoms with Gasteiger partial charge in [0.1, 0.15) is 0 Å². The lowest BCUT2D eigenvalue weighted by molar-refractivity contribution is 0.354. The van der Waals surface area contributed by atoms with E-state index >= 15 is 0 Å². The van der Waals surface area contributed by atoms with E-state index in [1.807, 2.05) is 11.3 Å². The van der Waals surface area contributed by atoms with Crippen LogP contribution in [-0.2, 0) is 0 Å². The monoisotopic (exact) mass is 562 g/mol. The minimum atomic E-state index is 0.380. The quantitative estimate of drug-likeness (QED) is 0.261. The molecule has 0 radical (unpaired) electrons. The summed E-state index contributed by atoms with van der Waals surface area (Å²) in [5, 5.41) is 6.49. The number of nitrogens with zero attached hydrogens (tertiary/aromatic N) is 1. The number of thiophene rings is 1. The molecule has 3 heterocycles. The Morgan fingerprint density at radius 2 is 1.64 bits per heavy atom. The van der Waals surface area contributed by atoms with E-state index in [0.717, 1.165) is 38.5 Å². The molecule has 4 aromatic rings. The number of hydrogen-bond acceptors (Lipinski definition) is 3. The minimum absolute atomic E-state index is 0.380. The van der Waals surface area contributed by atoms with Crippen LogP contribution < -0.4 is 10.2 Å². The maximum atomic E-state index is 3.72. The maximum Gasteiger partial charge on any atom is 0.0548 e. The van der Waals surface area contributed by atoms with Crippen molar-refractivity contribution in [3.05, 3.63) is 136 Å². The molecule has 2 unspecified atom stereocenters. The SMILES string of the molecule is C1=CC2=C(CC1)C1=C(CCC=C1)N(C1=CCC(C3NC=Cc4ccccc43)CC1)c1ccc3c(sc4ccccc43)c12. The highest BCUT2D eigenvalue weighted by Crippen LogP contribution is 2.52. The van der Waals surface area contributed by atoms with Gasteiger partial charge in [0.25, 0.3) is 0 Å². The van der Waals surface area contributed by atoms with Gasteiger partial charge in [0.15, 0.2) is 0 Å². The molecule has 2 atom stereocenters. The van der Waals surface area contributed by atoms with Crippen LogP contribution >= 0.6 is 11.3 Å². The lowest BCUT2D eigenvalue weighted by atomic mass is 9.80. The van der Waals surface area contributed by atoms with Crippen molar-refractivity contribution in [2.75, 3.05) is 4.90 Å². The zero-order valence-corrected chi connectivity index (χ0v) is 24.6. The van der Waals surface area contributed by atoms with E-state index in [1.54, 1.807) is 5.57 Å². The van der Waals surface area contributed by atoms with E-state index in [4.69, 9.17) is 0 Å². The molecule has 206 valence electrons. The van der Waals surface area contributed by atoms with E-state index in [2.05, 4.69) is 114 Å². The molecule has 2 nitrogen and oxygen atoms in total. The molecule has 0 bridgehead atoms. The number of rotatable bonds is 2. The van der Waals surface area contributed by atoms with E-state index in [9.17, 15) is 0 Å². The third kappa shape index (κ3) is 3.69. The van der Waals surface area contributed by atoms with Crippen molar-refractivity contribution >= 4 is 48.8 Å². The molecule has 0 amide bonds. The molecule has 0 spiro atoms. The third-order valence-corrected chi connectivity index (χ3v) is 11.2. The summed E-state index contributed by atoms with van der Waals surface area (Å²) < 4.78 is 2.82. The Kier molecular flexibility index (Phi) is 5.69. The zero-order valence-electron chi connectivity index (χ0n) is 23.8. The van der Waals surface area contributed by atoms with Crippen LogP contribution in [0, 0.1) is 5.92 Å². The first-order valence-electron chi connectivity index (χ1n) is 15.6. The fourth-order valence-electron chi connectivity index (χ4n) is 8.05. The Hall–Kier alpha value is -4.08. The van der Waals surface area contributed by atoms with Crippen LogP contribution in [0.5, 0.6) is 0 Å². The summed E-state index contributed by atoms with van der Waals surface area (Å²) in [7, 11) is 0. The van der Waals surface area contributed by atoms with Crippen LogP contribution in [-0.4, -0.2) is 0 Å². The summed E-state index contributed by atoms with van der Waals surface area (Å²) >= 11 is 1.97. The molecule has 5 aliphatic rings. The van der Waals surface area contributed by atoms with Gasteiger partial charge in [-0.2, -0.15) is 0 Å². The van der Waals surface area contributed by atoms with Gasteiger partial charge < -0.3 is 10.2 Å². The summed E-state index contributed by atoms with van der Waals surface area (Å²) in [5.74, 6) is 0.588. The van der Waals surface area contributed by atoms with Crippen molar-refractivity contribution < 1.29 is 0 Å². The number of fused-ring (bicyclic) bond motifs is 8. The highest BCUT2D eigenvalue weighted by atomic mass is 32.1. The van der Waals surface area contributed by atoms with Crippen molar-refractivity contribution in [1.29, 1.82) is 0 Å². The molecule has 0 saturated heterocycles. The van der Waals surface area contributed by atoms with Crippen molar-refractivity contribution in [3.63, 3.8) is 0 Å². The predicted molar refractivity (Wildman–Crippen MR) is 179 cm³/mol. The smallest absolute Gasteiger partial charge is 0.0548 e. The topological polar surface area (TPSA) is 15.3 Å². The Bertz CT molecular complexity index is 1960. The summed E-state index contributed by atoms with van der Waals surface area (Å²) in [6, 6.07) is 23.1. The minimum Gasteiger partial charge on any atom is -0.384 e. The summed E-state index contributed by atoms with van der Waals surface area (Å²) in [4.78, 5) is 2.71. The van der Waals surface area contributed by atoms with Gasteiger partial charge >= 0.3 is 0 Å². The van der Waals surface area contributed by atoms with Crippen LogP contribution in [0.25, 0.3) is 31.8 Å². The van der Waals surface area contributed by atoms with Gasteiger partial charge in [-0.25, -0.2) is 0 Å². The fraction of sp³-hybridized carbons (Fsp3) is 0.231. The predicted octanol–water partition coefficient (Wildman–Crippen LogP) is 10.6. The largest absolute Gasteiger partial charge is 0.384 e. The molecule has 3 heteroatoms. The Labute approximate surface area is 251 Å². The molecule has 0 saturated carbocycles. The number of allylic oxidation sites excluding steroid dienone is 10. The van der Waals surface area contributed by atoms with E-state index in [0.29, 0.717) is 12.0 Å². The number of nitrogens with one attached hydrogen (secondary N) is 1. The van der Waals surface area contributed by atoms with Gasteiger partial charge in [-0.15, -0.1) is 11.3 Å². The van der Waals surface area contributed by atoms with E-state index in [-0.39, 0.29) is 0 Å². The Morgan fingerprint density at radius 3 is 2.57 bits per heavy atom. The van der Waals surface area contributed by atoms with E-state index in [1.165, 1.54) is 71.5 Å². The first kappa shape index (κ1) is 24.5. The van der Waals surface area contributed by atoms with Crippen LogP contribution in [0.4, 0.5) is 5.69 Å². The summed E-state index contributed by atoms with van der Waals surface area (Å²) in [5.41, 5.74) is 13.1. The second-order valence-electron chi connectivity index (χ2n) is 12.2.